The number of hydrogen-bond donors (Lipinski definition) is 5. The number of carbonyl (C=O) groups is 1. The minimum atomic E-state index is -1.03. The van der Waals surface area contributed by atoms with E-state index >= 15 is 0 Å². The van der Waals surface area contributed by atoms with Crippen molar-refractivity contribution in [3.63, 3.8) is 0 Å². The van der Waals surface area contributed by atoms with Gasteiger partial charge in [-0.2, -0.15) is 0 Å². The molecule has 0 aliphatic heterocycles. The molecule has 2 aliphatic carbocycles. The van der Waals surface area contributed by atoms with Gasteiger partial charge in [-0.15, -0.1) is 0 Å². The van der Waals surface area contributed by atoms with Gasteiger partial charge in [-0.3, -0.25) is 0 Å². The largest absolute Gasteiger partial charge is 0.508 e. The van der Waals surface area contributed by atoms with E-state index in [4.69, 9.17) is 9.84 Å². The third kappa shape index (κ3) is 9.17. The molecule has 1 aromatic rings. The van der Waals surface area contributed by atoms with Crippen molar-refractivity contribution >= 4 is 5.97 Å². The second kappa shape index (κ2) is 15.4. The quantitative estimate of drug-likeness (QED) is 0.0945. The third-order valence-corrected chi connectivity index (χ3v) is 9.72. The molecule has 1 fully saturated rings. The average molecular weight is 621 g/mol. The zero-order chi connectivity index (χ0) is 33.5. The van der Waals surface area contributed by atoms with Crippen LogP contribution in [0, 0.1) is 35.0 Å². The lowest BCUT2D eigenvalue weighted by Crippen LogP contribution is -2.43. The van der Waals surface area contributed by atoms with Crippen molar-refractivity contribution in [2.75, 3.05) is 7.11 Å². The Balaban J connectivity index is 1.77. The highest BCUT2D eigenvalue weighted by atomic mass is 16.5. The fourth-order valence-corrected chi connectivity index (χ4v) is 7.52. The molecule has 0 radical (unpaired) electrons. The van der Waals surface area contributed by atoms with E-state index in [1.165, 1.54) is 11.6 Å². The summed E-state index contributed by atoms with van der Waals surface area (Å²) in [6.45, 7) is 12.1. The van der Waals surface area contributed by atoms with Crippen LogP contribution >= 0.6 is 0 Å². The standard InChI is InChI=1S/C38H52O7/c1-24(15-21-33(42)43)14-20-32(41)26(3)31(40)13-11-9-8-10-12-29-25(2)22-30-35(37(4,5)23-38(30,6)44)34(29)36(45-7)27-16-18-28(39)19-17-27/h8-19,21-22,26,29-32,34-36,39-41,44H,20,23H2,1-7H3,(H,42,43)/b9-8+,12-10-,13-11-,21-15+,24-14+. The summed E-state index contributed by atoms with van der Waals surface area (Å²) in [5, 5.41) is 51.2. The lowest BCUT2D eigenvalue weighted by Gasteiger charge is -2.47. The molecule has 9 unspecified atom stereocenters. The molecule has 0 saturated heterocycles. The van der Waals surface area contributed by atoms with Crippen LogP contribution in [0.5, 0.6) is 5.75 Å². The van der Waals surface area contributed by atoms with Crippen LogP contribution in [-0.2, 0) is 9.53 Å². The van der Waals surface area contributed by atoms with Gasteiger partial charge in [0.1, 0.15) is 5.75 Å². The van der Waals surface area contributed by atoms with Crippen LogP contribution in [0.3, 0.4) is 0 Å². The number of allylic oxidation sites excluding steroid dienone is 8. The number of rotatable bonds is 13. The number of carboxylic acid groups (broad SMARTS) is 1. The molecular formula is C38H52O7. The molecule has 9 atom stereocenters. The highest BCUT2D eigenvalue weighted by Crippen LogP contribution is 2.62. The molecule has 7 heteroatoms. The van der Waals surface area contributed by atoms with Crippen LogP contribution in [0.2, 0.25) is 0 Å². The molecule has 0 bridgehead atoms. The molecular weight excluding hydrogens is 568 g/mol. The van der Waals surface area contributed by atoms with Crippen LogP contribution in [0.1, 0.15) is 66.1 Å². The number of fused-ring (bicyclic) bond motifs is 1. The van der Waals surface area contributed by atoms with Gasteiger partial charge < -0.3 is 30.3 Å². The fourth-order valence-electron chi connectivity index (χ4n) is 7.52. The van der Waals surface area contributed by atoms with E-state index in [-0.39, 0.29) is 40.9 Å². The Morgan fingerprint density at radius 2 is 1.71 bits per heavy atom. The zero-order valence-corrected chi connectivity index (χ0v) is 27.7. The number of phenols is 1. The Morgan fingerprint density at radius 1 is 1.07 bits per heavy atom. The molecule has 1 saturated carbocycles. The number of aliphatic hydroxyl groups is 3. The van der Waals surface area contributed by atoms with Gasteiger partial charge >= 0.3 is 5.97 Å². The first-order valence-corrected chi connectivity index (χ1v) is 15.8. The van der Waals surface area contributed by atoms with Crippen LogP contribution in [0.15, 0.2) is 96.2 Å². The minimum Gasteiger partial charge on any atom is -0.508 e. The second-order valence-corrected chi connectivity index (χ2v) is 13.8. The molecule has 5 N–H and O–H groups in total. The first-order valence-electron chi connectivity index (χ1n) is 15.8. The summed E-state index contributed by atoms with van der Waals surface area (Å²) in [5.41, 5.74) is 1.95. The van der Waals surface area contributed by atoms with Gasteiger partial charge in [0, 0.05) is 36.9 Å². The Bertz CT molecular complexity index is 1330. The maximum absolute atomic E-state index is 11.5. The van der Waals surface area contributed by atoms with E-state index in [1.54, 1.807) is 51.3 Å². The van der Waals surface area contributed by atoms with Gasteiger partial charge in [-0.25, -0.2) is 4.79 Å². The van der Waals surface area contributed by atoms with Crippen molar-refractivity contribution in [2.45, 2.75) is 78.3 Å². The first kappa shape index (κ1) is 36.2. The molecule has 0 amide bonds. The Kier molecular flexibility index (Phi) is 12.4. The topological polar surface area (TPSA) is 127 Å². The molecule has 0 heterocycles. The van der Waals surface area contributed by atoms with Gasteiger partial charge in [0.25, 0.3) is 0 Å². The molecule has 246 valence electrons. The van der Waals surface area contributed by atoms with Crippen molar-refractivity contribution in [1.29, 1.82) is 0 Å². The lowest BCUT2D eigenvalue weighted by atomic mass is 9.59. The van der Waals surface area contributed by atoms with Crippen molar-refractivity contribution in [1.82, 2.24) is 0 Å². The van der Waals surface area contributed by atoms with Crippen LogP contribution < -0.4 is 0 Å². The average Bonchev–Trinajstić information content (AvgIpc) is 3.16. The molecule has 3 rings (SSSR count). The van der Waals surface area contributed by atoms with E-state index in [9.17, 15) is 25.2 Å². The summed E-state index contributed by atoms with van der Waals surface area (Å²) in [7, 11) is 1.73. The van der Waals surface area contributed by atoms with Crippen molar-refractivity contribution < 1.29 is 35.1 Å². The predicted molar refractivity (Wildman–Crippen MR) is 178 cm³/mol. The zero-order valence-electron chi connectivity index (χ0n) is 27.7. The number of methoxy groups -OCH3 is 1. The van der Waals surface area contributed by atoms with Gasteiger partial charge in [0.05, 0.1) is 23.9 Å². The van der Waals surface area contributed by atoms with E-state index in [1.807, 2.05) is 37.3 Å². The summed E-state index contributed by atoms with van der Waals surface area (Å²) >= 11 is 0. The number of ether oxygens (including phenoxy) is 1. The monoisotopic (exact) mass is 620 g/mol. The highest BCUT2D eigenvalue weighted by Gasteiger charge is 2.59. The number of aliphatic carboxylic acids is 1. The maximum Gasteiger partial charge on any atom is 0.328 e. The molecule has 0 spiro atoms. The molecule has 0 aromatic heterocycles. The summed E-state index contributed by atoms with van der Waals surface area (Å²) in [4.78, 5) is 10.7. The Labute approximate surface area is 268 Å². The molecule has 7 nitrogen and oxygen atoms in total. The summed E-state index contributed by atoms with van der Waals surface area (Å²) in [5.74, 6) is -0.998. The predicted octanol–water partition coefficient (Wildman–Crippen LogP) is 6.69. The van der Waals surface area contributed by atoms with Crippen LogP contribution in [0.4, 0.5) is 0 Å². The van der Waals surface area contributed by atoms with Crippen molar-refractivity contribution in [2.24, 2.45) is 35.0 Å². The van der Waals surface area contributed by atoms with Gasteiger partial charge in [0.2, 0.25) is 0 Å². The fraction of sp³-hybridized carbons (Fsp3) is 0.500. The first-order chi connectivity index (χ1) is 21.1. The second-order valence-electron chi connectivity index (χ2n) is 13.8. The van der Waals surface area contributed by atoms with Crippen LogP contribution in [-0.4, -0.2) is 56.4 Å². The minimum absolute atomic E-state index is 0.00479. The lowest BCUT2D eigenvalue weighted by molar-refractivity contribution is -0.131. The third-order valence-electron chi connectivity index (χ3n) is 9.72. The summed E-state index contributed by atoms with van der Waals surface area (Å²) in [6.07, 6.45) is 17.0. The van der Waals surface area contributed by atoms with E-state index in [0.717, 1.165) is 17.2 Å². The smallest absolute Gasteiger partial charge is 0.328 e. The summed E-state index contributed by atoms with van der Waals surface area (Å²) < 4.78 is 6.20. The van der Waals surface area contributed by atoms with Gasteiger partial charge in [-0.1, -0.05) is 98.7 Å². The van der Waals surface area contributed by atoms with E-state index < -0.39 is 29.7 Å². The SMILES string of the molecule is COC(c1ccc(O)cc1)C1C(\C=C/C=C/C=C\C(O)C(C)C(O)C/C=C(C)/C=C/C(=O)O)C(C)=CC2C1C(C)(C)CC2(C)O. The molecule has 1 aromatic carbocycles. The van der Waals surface area contributed by atoms with Crippen molar-refractivity contribution in [3.05, 3.63) is 102 Å². The highest BCUT2D eigenvalue weighted by molar-refractivity contribution is 5.80. The number of phenolic OH excluding ortho intramolecular Hbond substituents is 1. The molecule has 45 heavy (non-hydrogen) atoms. The van der Waals surface area contributed by atoms with E-state index in [0.29, 0.717) is 12.8 Å². The number of benzene rings is 1. The number of hydrogen-bond acceptors (Lipinski definition) is 6. The Hall–Kier alpha value is -3.23. The summed E-state index contributed by atoms with van der Waals surface area (Å²) in [6, 6.07) is 7.20. The van der Waals surface area contributed by atoms with Gasteiger partial charge in [-0.05, 0) is 62.6 Å². The maximum atomic E-state index is 11.5. The number of aromatic hydroxyl groups is 1. The van der Waals surface area contributed by atoms with E-state index in [2.05, 4.69) is 32.9 Å². The number of carboxylic acids is 1. The number of aliphatic hydroxyl groups excluding tert-OH is 2. The normalized spacial score (nSPS) is 29.7. The Morgan fingerprint density at radius 3 is 2.33 bits per heavy atom. The van der Waals surface area contributed by atoms with Crippen LogP contribution in [0.25, 0.3) is 0 Å². The van der Waals surface area contributed by atoms with Crippen molar-refractivity contribution in [3.8, 4) is 5.75 Å². The molecule has 2 aliphatic rings. The van der Waals surface area contributed by atoms with Gasteiger partial charge in [0.15, 0.2) is 0 Å².